The quantitative estimate of drug-likeness (QED) is 0.585. The van der Waals surface area contributed by atoms with Gasteiger partial charge in [-0.05, 0) is 55.8 Å². The maximum Gasteiger partial charge on any atom is 0.245 e. The number of rotatable bonds is 5. The molecule has 0 bridgehead atoms. The smallest absolute Gasteiger partial charge is 0.245 e. The second-order valence-corrected chi connectivity index (χ2v) is 9.27. The molecular weight excluding hydrogens is 424 g/mol. The van der Waals surface area contributed by atoms with E-state index in [0.717, 1.165) is 62.2 Å². The van der Waals surface area contributed by atoms with Crippen LogP contribution in [-0.4, -0.2) is 72.0 Å². The minimum atomic E-state index is 0.00180. The molecule has 0 spiro atoms. The summed E-state index contributed by atoms with van der Waals surface area (Å²) in [5.41, 5.74) is 4.34. The van der Waals surface area contributed by atoms with Crippen LogP contribution in [0.2, 0.25) is 0 Å². The lowest BCUT2D eigenvalue weighted by Gasteiger charge is -2.34. The average Bonchev–Trinajstić information content (AvgIpc) is 2.89. The van der Waals surface area contributed by atoms with Gasteiger partial charge in [-0.25, -0.2) is 9.97 Å². The van der Waals surface area contributed by atoms with Crippen LogP contribution in [0.3, 0.4) is 0 Å². The third-order valence-corrected chi connectivity index (χ3v) is 6.98. The number of carbonyl (C=O) groups is 1. The minimum Gasteiger partial charge on any atom is -0.369 e. The monoisotopic (exact) mass is 456 g/mol. The lowest BCUT2D eigenvalue weighted by molar-refractivity contribution is -0.127. The number of aromatic nitrogens is 2. The second kappa shape index (κ2) is 9.81. The molecule has 5 rings (SSSR count). The van der Waals surface area contributed by atoms with Crippen LogP contribution in [0, 0.1) is 0 Å². The Hall–Kier alpha value is -3.45. The molecule has 176 valence electrons. The van der Waals surface area contributed by atoms with Gasteiger partial charge in [-0.15, -0.1) is 0 Å². The molecule has 0 saturated carbocycles. The summed E-state index contributed by atoms with van der Waals surface area (Å²) in [4.78, 5) is 28.3. The van der Waals surface area contributed by atoms with Crippen LogP contribution < -0.4 is 10.2 Å². The fraction of sp³-hybridized carbons (Fsp3) is 0.370. The number of amides is 1. The Kier molecular flexibility index (Phi) is 6.45. The number of fused-ring (bicyclic) bond motifs is 1. The molecule has 2 fully saturated rings. The number of anilines is 3. The van der Waals surface area contributed by atoms with Gasteiger partial charge in [0.25, 0.3) is 0 Å². The van der Waals surface area contributed by atoms with Gasteiger partial charge in [0.2, 0.25) is 11.9 Å². The first-order valence-electron chi connectivity index (χ1n) is 12.1. The Morgan fingerprint density at radius 1 is 1.09 bits per heavy atom. The number of carbonyl (C=O) groups excluding carboxylic acids is 1. The molecule has 2 aliphatic heterocycles. The number of hydrogen-bond donors (Lipinski definition) is 1. The van der Waals surface area contributed by atoms with Crippen molar-refractivity contribution in [1.29, 1.82) is 0 Å². The van der Waals surface area contributed by atoms with Gasteiger partial charge in [-0.1, -0.05) is 24.8 Å². The number of benzene rings is 2. The summed E-state index contributed by atoms with van der Waals surface area (Å²) in [6.45, 7) is 9.42. The highest BCUT2D eigenvalue weighted by molar-refractivity contribution is 5.87. The van der Waals surface area contributed by atoms with E-state index in [2.05, 4.69) is 70.1 Å². The molecule has 3 heterocycles. The summed E-state index contributed by atoms with van der Waals surface area (Å²) in [6.07, 6.45) is 5.31. The highest BCUT2D eigenvalue weighted by Crippen LogP contribution is 2.32. The number of piperidine rings is 1. The van der Waals surface area contributed by atoms with Crippen molar-refractivity contribution < 1.29 is 4.79 Å². The molecule has 0 aliphatic carbocycles. The average molecular weight is 457 g/mol. The van der Waals surface area contributed by atoms with Gasteiger partial charge in [0.15, 0.2) is 0 Å². The van der Waals surface area contributed by atoms with Crippen LogP contribution in [-0.2, 0) is 4.79 Å². The van der Waals surface area contributed by atoms with Gasteiger partial charge in [-0.2, -0.15) is 0 Å². The first-order chi connectivity index (χ1) is 16.6. The Balaban J connectivity index is 1.35. The topological polar surface area (TPSA) is 64.6 Å². The zero-order valence-corrected chi connectivity index (χ0v) is 19.8. The van der Waals surface area contributed by atoms with Crippen LogP contribution in [0.4, 0.5) is 17.3 Å². The fourth-order valence-electron chi connectivity index (χ4n) is 4.98. The van der Waals surface area contributed by atoms with E-state index in [1.807, 2.05) is 17.2 Å². The third-order valence-electron chi connectivity index (χ3n) is 6.98. The maximum atomic E-state index is 12.2. The fourth-order valence-corrected chi connectivity index (χ4v) is 4.98. The van der Waals surface area contributed by atoms with Gasteiger partial charge in [0, 0.05) is 68.1 Å². The van der Waals surface area contributed by atoms with Crippen molar-refractivity contribution in [1.82, 2.24) is 19.8 Å². The first kappa shape index (κ1) is 22.3. The number of likely N-dealkylation sites (tertiary alicyclic amines) is 1. The predicted molar refractivity (Wildman–Crippen MR) is 138 cm³/mol. The molecule has 2 saturated heterocycles. The molecule has 34 heavy (non-hydrogen) atoms. The molecule has 1 amide bonds. The van der Waals surface area contributed by atoms with Crippen LogP contribution in [0.1, 0.15) is 24.3 Å². The van der Waals surface area contributed by atoms with E-state index in [1.165, 1.54) is 17.3 Å². The summed E-state index contributed by atoms with van der Waals surface area (Å²) in [5, 5.41) is 4.39. The van der Waals surface area contributed by atoms with Gasteiger partial charge in [-0.3, -0.25) is 4.79 Å². The molecule has 0 radical (unpaired) electrons. The van der Waals surface area contributed by atoms with Gasteiger partial charge in [0.05, 0.1) is 5.52 Å². The van der Waals surface area contributed by atoms with E-state index in [9.17, 15) is 4.79 Å². The summed E-state index contributed by atoms with van der Waals surface area (Å²) in [7, 11) is 2.17. The van der Waals surface area contributed by atoms with Crippen LogP contribution >= 0.6 is 0 Å². The molecular formula is C27H32N6O. The van der Waals surface area contributed by atoms with Crippen molar-refractivity contribution in [3.05, 3.63) is 66.9 Å². The van der Waals surface area contributed by atoms with Crippen molar-refractivity contribution in [2.75, 3.05) is 56.5 Å². The van der Waals surface area contributed by atoms with E-state index < -0.39 is 0 Å². The van der Waals surface area contributed by atoms with Gasteiger partial charge >= 0.3 is 0 Å². The molecule has 2 aliphatic rings. The van der Waals surface area contributed by atoms with E-state index in [-0.39, 0.29) is 11.8 Å². The molecule has 7 nitrogen and oxygen atoms in total. The molecule has 2 aromatic carbocycles. The number of nitrogens with one attached hydrogen (secondary N) is 1. The van der Waals surface area contributed by atoms with Gasteiger partial charge < -0.3 is 20.0 Å². The largest absolute Gasteiger partial charge is 0.369 e. The molecule has 0 unspecified atom stereocenters. The van der Waals surface area contributed by atoms with Crippen molar-refractivity contribution in [2.45, 2.75) is 18.8 Å². The van der Waals surface area contributed by atoms with E-state index >= 15 is 0 Å². The molecule has 1 N–H and O–H groups in total. The van der Waals surface area contributed by atoms with Crippen LogP contribution in [0.15, 0.2) is 61.3 Å². The molecule has 1 atom stereocenters. The van der Waals surface area contributed by atoms with E-state index in [1.54, 1.807) is 0 Å². The standard InChI is InChI=1S/C27H32N6O/c1-3-25(34)33-13-5-7-21(19-33)24-8-4-6-20-18-28-27(30-26(20)24)29-22-9-11-23(12-10-22)32-16-14-31(2)15-17-32/h3-4,6,8-12,18,21H,1,5,7,13-17,19H2,2H3,(H,28,29,30)/t21-/m1/s1. The Labute approximate surface area is 201 Å². The zero-order chi connectivity index (χ0) is 23.5. The number of hydrogen-bond acceptors (Lipinski definition) is 6. The van der Waals surface area contributed by atoms with Gasteiger partial charge in [0.1, 0.15) is 0 Å². The molecule has 1 aromatic heterocycles. The predicted octanol–water partition coefficient (Wildman–Crippen LogP) is 4.02. The Morgan fingerprint density at radius 3 is 2.65 bits per heavy atom. The lowest BCUT2D eigenvalue weighted by Crippen LogP contribution is -2.44. The van der Waals surface area contributed by atoms with Crippen molar-refractivity contribution in [3.63, 3.8) is 0 Å². The number of piperazine rings is 1. The molecule has 3 aromatic rings. The highest BCUT2D eigenvalue weighted by atomic mass is 16.2. The SMILES string of the molecule is C=CC(=O)N1CCC[C@@H](c2cccc3cnc(Nc4ccc(N5CCN(C)CC5)cc4)nc23)C1. The van der Waals surface area contributed by atoms with Crippen molar-refractivity contribution >= 4 is 34.1 Å². The zero-order valence-electron chi connectivity index (χ0n) is 19.8. The molecule has 7 heteroatoms. The summed E-state index contributed by atoms with van der Waals surface area (Å²) in [5.74, 6) is 0.844. The van der Waals surface area contributed by atoms with Crippen LogP contribution in [0.25, 0.3) is 10.9 Å². The summed E-state index contributed by atoms with van der Waals surface area (Å²) in [6, 6.07) is 14.7. The van der Waals surface area contributed by atoms with Crippen molar-refractivity contribution in [2.24, 2.45) is 0 Å². The Bertz CT molecular complexity index is 1170. The summed E-state index contributed by atoms with van der Waals surface area (Å²) < 4.78 is 0. The Morgan fingerprint density at radius 2 is 1.88 bits per heavy atom. The van der Waals surface area contributed by atoms with Crippen LogP contribution in [0.5, 0.6) is 0 Å². The van der Waals surface area contributed by atoms with E-state index in [0.29, 0.717) is 12.5 Å². The van der Waals surface area contributed by atoms with E-state index in [4.69, 9.17) is 4.98 Å². The maximum absolute atomic E-state index is 12.2. The number of para-hydroxylation sites is 1. The normalized spacial score (nSPS) is 19.3. The number of likely N-dealkylation sites (N-methyl/N-ethyl adjacent to an activating group) is 1. The van der Waals surface area contributed by atoms with Crippen molar-refractivity contribution in [3.8, 4) is 0 Å². The third kappa shape index (κ3) is 4.75. The lowest BCUT2D eigenvalue weighted by atomic mass is 9.89. The highest BCUT2D eigenvalue weighted by Gasteiger charge is 2.25. The first-order valence-corrected chi connectivity index (χ1v) is 12.1. The number of nitrogens with zero attached hydrogens (tertiary/aromatic N) is 5. The summed E-state index contributed by atoms with van der Waals surface area (Å²) >= 11 is 0. The second-order valence-electron chi connectivity index (χ2n) is 9.27. The minimum absolute atomic E-state index is 0.00180.